The van der Waals surface area contributed by atoms with Crippen LogP contribution in [-0.4, -0.2) is 25.5 Å². The molecule has 0 heterocycles. The van der Waals surface area contributed by atoms with Gasteiger partial charge >= 0.3 is 0 Å². The van der Waals surface area contributed by atoms with Gasteiger partial charge in [-0.3, -0.25) is 4.79 Å². The summed E-state index contributed by atoms with van der Waals surface area (Å²) < 4.78 is 6.00. The number of carbonyl (C=O) groups is 1. The van der Waals surface area contributed by atoms with E-state index in [-0.39, 0.29) is 17.7 Å². The standard InChI is InChI=1S/C12H14BrNO2/c1-16-6-11(14)9-5-8-7(12(9)15)3-2-4-10(8)13/h2-4,9,11H,5-6,14H2,1H3. The number of ketones is 1. The van der Waals surface area contributed by atoms with Crippen LogP contribution in [0.15, 0.2) is 22.7 Å². The Hall–Kier alpha value is -0.710. The lowest BCUT2D eigenvalue weighted by Gasteiger charge is -2.16. The normalized spacial score (nSPS) is 20.9. The molecule has 1 aliphatic rings. The summed E-state index contributed by atoms with van der Waals surface area (Å²) in [5.41, 5.74) is 7.82. The van der Waals surface area contributed by atoms with E-state index in [4.69, 9.17) is 10.5 Å². The number of rotatable bonds is 3. The molecule has 4 heteroatoms. The second-order valence-electron chi connectivity index (χ2n) is 4.06. The fourth-order valence-corrected chi connectivity index (χ4v) is 2.69. The Morgan fingerprint density at radius 3 is 3.00 bits per heavy atom. The van der Waals surface area contributed by atoms with Crippen LogP contribution in [0, 0.1) is 5.92 Å². The van der Waals surface area contributed by atoms with Gasteiger partial charge in [0.1, 0.15) is 0 Å². The molecule has 2 rings (SSSR count). The Labute approximate surface area is 103 Å². The van der Waals surface area contributed by atoms with Gasteiger partial charge in [-0.05, 0) is 18.1 Å². The van der Waals surface area contributed by atoms with E-state index in [1.807, 2.05) is 18.2 Å². The number of halogens is 1. The van der Waals surface area contributed by atoms with Gasteiger partial charge in [0.15, 0.2) is 5.78 Å². The van der Waals surface area contributed by atoms with Crippen molar-refractivity contribution in [2.24, 2.45) is 11.7 Å². The van der Waals surface area contributed by atoms with Crippen LogP contribution in [0.25, 0.3) is 0 Å². The fraction of sp³-hybridized carbons (Fsp3) is 0.417. The highest BCUT2D eigenvalue weighted by atomic mass is 79.9. The number of methoxy groups -OCH3 is 1. The van der Waals surface area contributed by atoms with Crippen LogP contribution in [0.4, 0.5) is 0 Å². The molecule has 0 aromatic heterocycles. The van der Waals surface area contributed by atoms with Crippen LogP contribution in [0.5, 0.6) is 0 Å². The minimum Gasteiger partial charge on any atom is -0.383 e. The van der Waals surface area contributed by atoms with Crippen molar-refractivity contribution in [3.05, 3.63) is 33.8 Å². The third-order valence-corrected chi connectivity index (χ3v) is 3.76. The van der Waals surface area contributed by atoms with Crippen molar-refractivity contribution in [2.75, 3.05) is 13.7 Å². The van der Waals surface area contributed by atoms with Crippen molar-refractivity contribution in [2.45, 2.75) is 12.5 Å². The first-order valence-electron chi connectivity index (χ1n) is 5.21. The molecule has 0 spiro atoms. The third kappa shape index (κ3) is 1.93. The number of hydrogen-bond donors (Lipinski definition) is 1. The van der Waals surface area contributed by atoms with Gasteiger partial charge in [-0.15, -0.1) is 0 Å². The molecule has 0 radical (unpaired) electrons. The molecule has 0 saturated heterocycles. The maximum atomic E-state index is 12.1. The predicted molar refractivity (Wildman–Crippen MR) is 65.5 cm³/mol. The summed E-state index contributed by atoms with van der Waals surface area (Å²) in [6.07, 6.45) is 0.708. The second kappa shape index (κ2) is 4.65. The third-order valence-electron chi connectivity index (χ3n) is 3.02. The van der Waals surface area contributed by atoms with Crippen molar-refractivity contribution in [3.63, 3.8) is 0 Å². The SMILES string of the molecule is COCC(N)C1Cc2c(Br)cccc2C1=O. The lowest BCUT2D eigenvalue weighted by atomic mass is 9.97. The van der Waals surface area contributed by atoms with Crippen molar-refractivity contribution >= 4 is 21.7 Å². The summed E-state index contributed by atoms with van der Waals surface area (Å²) in [5.74, 6) is -0.00509. The van der Waals surface area contributed by atoms with E-state index in [9.17, 15) is 4.79 Å². The molecule has 0 fully saturated rings. The number of nitrogens with two attached hydrogens (primary N) is 1. The van der Waals surface area contributed by atoms with Gasteiger partial charge in [-0.2, -0.15) is 0 Å². The van der Waals surface area contributed by atoms with Crippen molar-refractivity contribution in [1.82, 2.24) is 0 Å². The van der Waals surface area contributed by atoms with E-state index in [1.165, 1.54) is 0 Å². The van der Waals surface area contributed by atoms with E-state index >= 15 is 0 Å². The first kappa shape index (κ1) is 11.8. The average molecular weight is 284 g/mol. The van der Waals surface area contributed by atoms with Crippen molar-refractivity contribution < 1.29 is 9.53 Å². The molecule has 1 aliphatic carbocycles. The van der Waals surface area contributed by atoms with Gasteiger partial charge in [0, 0.05) is 29.1 Å². The number of ether oxygens (including phenoxy) is 1. The first-order chi connectivity index (χ1) is 7.65. The van der Waals surface area contributed by atoms with E-state index in [1.54, 1.807) is 7.11 Å². The molecule has 3 nitrogen and oxygen atoms in total. The van der Waals surface area contributed by atoms with Gasteiger partial charge in [0.2, 0.25) is 0 Å². The molecule has 0 bridgehead atoms. The zero-order valence-electron chi connectivity index (χ0n) is 9.07. The van der Waals surface area contributed by atoms with Crippen LogP contribution >= 0.6 is 15.9 Å². The van der Waals surface area contributed by atoms with E-state index in [0.29, 0.717) is 13.0 Å². The maximum Gasteiger partial charge on any atom is 0.168 e. The molecule has 0 saturated carbocycles. The van der Waals surface area contributed by atoms with Crippen LogP contribution in [0.3, 0.4) is 0 Å². The molecular weight excluding hydrogens is 270 g/mol. The zero-order chi connectivity index (χ0) is 11.7. The maximum absolute atomic E-state index is 12.1. The van der Waals surface area contributed by atoms with Crippen LogP contribution < -0.4 is 5.73 Å². The fourth-order valence-electron chi connectivity index (χ4n) is 2.16. The quantitative estimate of drug-likeness (QED) is 0.920. The number of benzene rings is 1. The van der Waals surface area contributed by atoms with Gasteiger partial charge in [0.05, 0.1) is 6.61 Å². The summed E-state index contributed by atoms with van der Waals surface area (Å²) in [5, 5.41) is 0. The molecule has 0 aliphatic heterocycles. The van der Waals surface area contributed by atoms with Gasteiger partial charge in [-0.25, -0.2) is 0 Å². The minimum absolute atomic E-state index is 0.140. The Balaban J connectivity index is 2.27. The number of Topliss-reactive ketones (excluding diaryl/α,β-unsaturated/α-hetero) is 1. The Bertz CT molecular complexity index is 419. The van der Waals surface area contributed by atoms with Crippen molar-refractivity contribution in [3.8, 4) is 0 Å². The Morgan fingerprint density at radius 2 is 2.38 bits per heavy atom. The first-order valence-corrected chi connectivity index (χ1v) is 6.00. The highest BCUT2D eigenvalue weighted by Crippen LogP contribution is 2.33. The molecule has 16 heavy (non-hydrogen) atoms. The molecule has 2 atom stereocenters. The van der Waals surface area contributed by atoms with Crippen LogP contribution in [0.1, 0.15) is 15.9 Å². The summed E-state index contributed by atoms with van der Waals surface area (Å²) in [4.78, 5) is 12.1. The van der Waals surface area contributed by atoms with E-state index in [2.05, 4.69) is 15.9 Å². The topological polar surface area (TPSA) is 52.3 Å². The summed E-state index contributed by atoms with van der Waals surface area (Å²) in [7, 11) is 1.60. The summed E-state index contributed by atoms with van der Waals surface area (Å²) >= 11 is 3.47. The van der Waals surface area contributed by atoms with Crippen LogP contribution in [-0.2, 0) is 11.2 Å². The Kier molecular flexibility index (Phi) is 3.42. The molecule has 2 unspecified atom stereocenters. The number of fused-ring (bicyclic) bond motifs is 1. The van der Waals surface area contributed by atoms with Crippen LogP contribution in [0.2, 0.25) is 0 Å². The number of carbonyl (C=O) groups excluding carboxylic acids is 1. The predicted octanol–water partition coefficient (Wildman–Crippen LogP) is 1.78. The van der Waals surface area contributed by atoms with Crippen molar-refractivity contribution in [1.29, 1.82) is 0 Å². The monoisotopic (exact) mass is 283 g/mol. The van der Waals surface area contributed by atoms with Gasteiger partial charge in [-0.1, -0.05) is 28.1 Å². The molecular formula is C12H14BrNO2. The second-order valence-corrected chi connectivity index (χ2v) is 4.91. The molecule has 0 amide bonds. The zero-order valence-corrected chi connectivity index (χ0v) is 10.7. The number of hydrogen-bond acceptors (Lipinski definition) is 3. The summed E-state index contributed by atoms with van der Waals surface area (Å²) in [6, 6.07) is 5.47. The van der Waals surface area contributed by atoms with E-state index < -0.39 is 0 Å². The highest BCUT2D eigenvalue weighted by Gasteiger charge is 2.35. The lowest BCUT2D eigenvalue weighted by Crippen LogP contribution is -2.37. The Morgan fingerprint density at radius 1 is 1.62 bits per heavy atom. The molecule has 2 N–H and O–H groups in total. The van der Waals surface area contributed by atoms with Gasteiger partial charge < -0.3 is 10.5 Å². The van der Waals surface area contributed by atoms with E-state index in [0.717, 1.165) is 15.6 Å². The molecule has 1 aromatic carbocycles. The largest absolute Gasteiger partial charge is 0.383 e. The summed E-state index contributed by atoms with van der Waals surface area (Å²) in [6.45, 7) is 0.419. The highest BCUT2D eigenvalue weighted by molar-refractivity contribution is 9.10. The average Bonchev–Trinajstić information content (AvgIpc) is 2.59. The molecule has 1 aromatic rings. The minimum atomic E-state index is -0.225. The van der Waals surface area contributed by atoms with Gasteiger partial charge in [0.25, 0.3) is 0 Å². The molecule has 86 valence electrons. The lowest BCUT2D eigenvalue weighted by molar-refractivity contribution is 0.0871. The smallest absolute Gasteiger partial charge is 0.168 e.